The molecule has 5 heteroatoms. The molecule has 0 aliphatic rings. The molecule has 0 aliphatic heterocycles. The number of nitrogen functional groups attached to an aromatic ring is 1. The first-order chi connectivity index (χ1) is 12.1. The first kappa shape index (κ1) is 15.6. The van der Waals surface area contributed by atoms with E-state index < -0.39 is 5.91 Å². The van der Waals surface area contributed by atoms with E-state index in [1.807, 2.05) is 66.7 Å². The predicted molar refractivity (Wildman–Crippen MR) is 102 cm³/mol. The van der Waals surface area contributed by atoms with Crippen LogP contribution in [0.5, 0.6) is 0 Å². The fraction of sp³-hybridized carbons (Fsp3) is 0. The van der Waals surface area contributed by atoms with E-state index in [4.69, 9.17) is 16.5 Å². The molecule has 2 aromatic heterocycles. The summed E-state index contributed by atoms with van der Waals surface area (Å²) >= 11 is -0.278. The number of nitrogens with zero attached hydrogens (tertiary/aromatic N) is 1. The zero-order valence-electron chi connectivity index (χ0n) is 13.3. The van der Waals surface area contributed by atoms with Crippen LogP contribution in [0.2, 0.25) is 0 Å². The monoisotopic (exact) mass is 393 g/mol. The molecule has 0 aliphatic carbocycles. The van der Waals surface area contributed by atoms with Crippen molar-refractivity contribution in [3.63, 3.8) is 0 Å². The topological polar surface area (TPSA) is 82.0 Å². The van der Waals surface area contributed by atoms with Crippen LogP contribution in [0.15, 0.2) is 66.7 Å². The molecule has 122 valence electrons. The predicted octanol–water partition coefficient (Wildman–Crippen LogP) is 3.31. The molecular formula is C20H15N3OSe. The van der Waals surface area contributed by atoms with E-state index in [1.165, 1.54) is 0 Å². The number of nitrogens with two attached hydrogens (primary N) is 2. The molecule has 1 amide bonds. The van der Waals surface area contributed by atoms with Crippen molar-refractivity contribution in [1.82, 2.24) is 4.98 Å². The Hall–Kier alpha value is -2.88. The van der Waals surface area contributed by atoms with E-state index in [0.717, 1.165) is 32.2 Å². The number of hydrogen-bond acceptors (Lipinski definition) is 3. The molecule has 0 saturated carbocycles. The summed E-state index contributed by atoms with van der Waals surface area (Å²) < 4.78 is 1.36. The Morgan fingerprint density at radius 3 is 2.12 bits per heavy atom. The summed E-state index contributed by atoms with van der Waals surface area (Å²) in [5.41, 5.74) is 16.2. The Morgan fingerprint density at radius 2 is 1.52 bits per heavy atom. The number of rotatable bonds is 3. The first-order valence-electron chi connectivity index (χ1n) is 7.79. The number of amides is 1. The molecule has 0 saturated heterocycles. The van der Waals surface area contributed by atoms with Gasteiger partial charge in [0, 0.05) is 0 Å². The second-order valence-electron chi connectivity index (χ2n) is 5.68. The second-order valence-corrected chi connectivity index (χ2v) is 7.77. The molecule has 4 rings (SSSR count). The van der Waals surface area contributed by atoms with Crippen molar-refractivity contribution in [3.8, 4) is 22.4 Å². The van der Waals surface area contributed by atoms with Crippen molar-refractivity contribution in [3.05, 3.63) is 71.2 Å². The van der Waals surface area contributed by atoms with Gasteiger partial charge >= 0.3 is 151 Å². The van der Waals surface area contributed by atoms with E-state index in [1.54, 1.807) is 0 Å². The zero-order valence-corrected chi connectivity index (χ0v) is 15.0. The number of aromatic nitrogens is 1. The number of pyridine rings is 1. The van der Waals surface area contributed by atoms with Crippen molar-refractivity contribution in [2.45, 2.75) is 0 Å². The van der Waals surface area contributed by atoms with Gasteiger partial charge in [-0.25, -0.2) is 0 Å². The van der Waals surface area contributed by atoms with Gasteiger partial charge in [-0.1, -0.05) is 0 Å². The van der Waals surface area contributed by atoms with E-state index in [2.05, 4.69) is 0 Å². The van der Waals surface area contributed by atoms with Crippen LogP contribution in [0.4, 0.5) is 5.69 Å². The van der Waals surface area contributed by atoms with E-state index in [0.29, 0.717) is 10.1 Å². The molecule has 0 unspecified atom stereocenters. The second kappa shape index (κ2) is 6.20. The van der Waals surface area contributed by atoms with Crippen molar-refractivity contribution in [2.24, 2.45) is 5.73 Å². The van der Waals surface area contributed by atoms with Gasteiger partial charge in [0.05, 0.1) is 0 Å². The van der Waals surface area contributed by atoms with Crippen molar-refractivity contribution >= 4 is 35.9 Å². The van der Waals surface area contributed by atoms with Crippen LogP contribution in [0.3, 0.4) is 0 Å². The third-order valence-electron chi connectivity index (χ3n) is 4.08. The van der Waals surface area contributed by atoms with Crippen LogP contribution >= 0.6 is 0 Å². The molecule has 0 fully saturated rings. The minimum atomic E-state index is -0.462. The van der Waals surface area contributed by atoms with Gasteiger partial charge in [0.2, 0.25) is 0 Å². The molecular weight excluding hydrogens is 377 g/mol. The van der Waals surface area contributed by atoms with Crippen LogP contribution in [-0.2, 0) is 0 Å². The third-order valence-corrected chi connectivity index (χ3v) is 6.41. The summed E-state index contributed by atoms with van der Waals surface area (Å²) in [5, 5.41) is 0.847. The van der Waals surface area contributed by atoms with Gasteiger partial charge < -0.3 is 0 Å². The maximum absolute atomic E-state index is 11.8. The fourth-order valence-corrected chi connectivity index (χ4v) is 4.95. The maximum atomic E-state index is 11.8. The van der Waals surface area contributed by atoms with Crippen LogP contribution in [0, 0.1) is 0 Å². The quantitative estimate of drug-likeness (QED) is 0.525. The number of hydrogen-bond donors (Lipinski definition) is 2. The SMILES string of the molecule is NC(=O)c1[se]c2nc(-c3ccccc3)cc(-c3ccccc3)c2c1N. The van der Waals surface area contributed by atoms with E-state index in [9.17, 15) is 4.79 Å². The van der Waals surface area contributed by atoms with Gasteiger partial charge in [-0.2, -0.15) is 0 Å². The first-order valence-corrected chi connectivity index (χ1v) is 9.50. The summed E-state index contributed by atoms with van der Waals surface area (Å²) in [6.07, 6.45) is 0. The normalized spacial score (nSPS) is 10.9. The van der Waals surface area contributed by atoms with Gasteiger partial charge in [0.15, 0.2) is 0 Å². The third kappa shape index (κ3) is 2.74. The summed E-state index contributed by atoms with van der Waals surface area (Å²) in [4.78, 5) is 16.5. The van der Waals surface area contributed by atoms with E-state index in [-0.39, 0.29) is 14.5 Å². The molecule has 25 heavy (non-hydrogen) atoms. The number of primary amides is 1. The fourth-order valence-electron chi connectivity index (χ4n) is 2.91. The summed E-state index contributed by atoms with van der Waals surface area (Å²) in [6, 6.07) is 22.0. The Morgan fingerprint density at radius 1 is 0.920 bits per heavy atom. The molecule has 4 N–H and O–H groups in total. The average molecular weight is 392 g/mol. The molecule has 0 bridgehead atoms. The van der Waals surface area contributed by atoms with Crippen LogP contribution in [0.1, 0.15) is 9.23 Å². The summed E-state index contributed by atoms with van der Waals surface area (Å²) in [7, 11) is 0. The average Bonchev–Trinajstić information content (AvgIpc) is 2.99. The molecule has 2 aromatic carbocycles. The number of benzene rings is 2. The van der Waals surface area contributed by atoms with Gasteiger partial charge in [-0.15, -0.1) is 0 Å². The number of carbonyl (C=O) groups excluding carboxylic acids is 1. The Balaban J connectivity index is 2.07. The van der Waals surface area contributed by atoms with E-state index >= 15 is 0 Å². The van der Waals surface area contributed by atoms with Gasteiger partial charge in [-0.05, 0) is 0 Å². The zero-order chi connectivity index (χ0) is 17.4. The molecule has 0 radical (unpaired) electrons. The Kier molecular flexibility index (Phi) is 3.88. The van der Waals surface area contributed by atoms with Gasteiger partial charge in [0.1, 0.15) is 0 Å². The van der Waals surface area contributed by atoms with Crippen molar-refractivity contribution < 1.29 is 4.79 Å². The number of anilines is 1. The molecule has 2 heterocycles. The number of fused-ring (bicyclic) bond motifs is 1. The summed E-state index contributed by atoms with van der Waals surface area (Å²) in [5.74, 6) is -0.462. The van der Waals surface area contributed by atoms with Crippen molar-refractivity contribution in [2.75, 3.05) is 5.73 Å². The minimum absolute atomic E-state index is 0.278. The van der Waals surface area contributed by atoms with Gasteiger partial charge in [0.25, 0.3) is 0 Å². The summed E-state index contributed by atoms with van der Waals surface area (Å²) in [6.45, 7) is 0. The molecule has 4 nitrogen and oxygen atoms in total. The Bertz CT molecular complexity index is 1070. The molecule has 4 aromatic rings. The number of carbonyl (C=O) groups is 1. The Labute approximate surface area is 150 Å². The standard InChI is InChI=1S/C20H15N3OSe/c21-17-16-14(12-7-3-1-4-8-12)11-15(13-9-5-2-6-10-13)23-20(16)25-18(17)19(22)24/h1-11H,21H2,(H2,22,24). The molecule has 0 atom stereocenters. The van der Waals surface area contributed by atoms with Crippen LogP contribution in [-0.4, -0.2) is 25.4 Å². The van der Waals surface area contributed by atoms with Crippen LogP contribution < -0.4 is 11.5 Å². The van der Waals surface area contributed by atoms with Crippen molar-refractivity contribution in [1.29, 1.82) is 0 Å². The molecule has 0 spiro atoms. The van der Waals surface area contributed by atoms with Gasteiger partial charge in [-0.3, -0.25) is 0 Å². The van der Waals surface area contributed by atoms with Crippen LogP contribution in [0.25, 0.3) is 32.2 Å².